The Labute approximate surface area is 161 Å². The lowest BCUT2D eigenvalue weighted by molar-refractivity contribution is 0.0896. The van der Waals surface area contributed by atoms with Crippen molar-refractivity contribution >= 4 is 0 Å². The minimum atomic E-state index is -1.85. The molecule has 0 heterocycles. The fourth-order valence-corrected chi connectivity index (χ4v) is 2.48. The lowest BCUT2D eigenvalue weighted by Crippen LogP contribution is -2.62. The average Bonchev–Trinajstić information content (AvgIpc) is 2.59. The number of nitroso groups, excluding NO2 is 1. The van der Waals surface area contributed by atoms with Crippen molar-refractivity contribution < 1.29 is 9.47 Å². The Morgan fingerprint density at radius 2 is 1.07 bits per heavy atom. The summed E-state index contributed by atoms with van der Waals surface area (Å²) >= 11 is 0. The summed E-state index contributed by atoms with van der Waals surface area (Å²) in [6, 6.07) is 14.5. The second kappa shape index (κ2) is 7.79. The number of hydrogen-bond acceptors (Lipinski definition) is 11. The van der Waals surface area contributed by atoms with Gasteiger partial charge < -0.3 is 15.2 Å². The zero-order chi connectivity index (χ0) is 21.0. The predicted octanol–water partition coefficient (Wildman–Crippen LogP) is -1.65. The van der Waals surface area contributed by atoms with E-state index >= 15 is 0 Å². The second-order valence-corrected chi connectivity index (χ2v) is 6.03. The van der Waals surface area contributed by atoms with Crippen LogP contribution in [0.2, 0.25) is 0 Å². The Balaban J connectivity index is 2.44. The first-order valence-electron chi connectivity index (χ1n) is 7.89. The Morgan fingerprint density at radius 1 is 0.714 bits per heavy atom. The van der Waals surface area contributed by atoms with Crippen molar-refractivity contribution in [3.63, 3.8) is 0 Å². The number of nitrogens with two attached hydrogens (primary N) is 7. The van der Waals surface area contributed by atoms with Crippen LogP contribution in [0.1, 0.15) is 11.1 Å². The molecule has 0 saturated heterocycles. The molecule has 0 radical (unpaired) electrons. The maximum Gasteiger partial charge on any atom is 0.271 e. The van der Waals surface area contributed by atoms with Gasteiger partial charge in [0, 0.05) is 17.2 Å². The Hall–Kier alpha value is -3.24. The maximum atomic E-state index is 11.9. The van der Waals surface area contributed by atoms with Crippen LogP contribution in [-0.2, 0) is 5.54 Å². The largest absolute Gasteiger partial charge is 0.447 e. The van der Waals surface area contributed by atoms with Crippen LogP contribution in [0.4, 0.5) is 0 Å². The fourth-order valence-electron chi connectivity index (χ4n) is 2.48. The summed E-state index contributed by atoms with van der Waals surface area (Å²) in [4.78, 5) is 11.9. The van der Waals surface area contributed by atoms with Crippen molar-refractivity contribution in [1.29, 1.82) is 0 Å². The van der Waals surface area contributed by atoms with Gasteiger partial charge in [-0.3, -0.25) is 34.4 Å². The molecule has 0 aliphatic rings. The smallest absolute Gasteiger partial charge is 0.271 e. The molecule has 0 atom stereocenters. The molecule has 148 valence electrons. The molecule has 11 nitrogen and oxygen atoms in total. The van der Waals surface area contributed by atoms with E-state index in [1.165, 1.54) is 24.3 Å². The van der Waals surface area contributed by atoms with Gasteiger partial charge >= 0.3 is 0 Å². The van der Waals surface area contributed by atoms with Gasteiger partial charge in [-0.05, 0) is 35.4 Å². The number of rotatable bonds is 7. The van der Waals surface area contributed by atoms with Crippen LogP contribution in [0.3, 0.4) is 0 Å². The van der Waals surface area contributed by atoms with E-state index < -0.39 is 17.5 Å². The Bertz CT molecular complexity index is 815. The molecule has 2 rings (SSSR count). The average molecular weight is 386 g/mol. The molecule has 0 bridgehead atoms. The van der Waals surface area contributed by atoms with Gasteiger partial charge in [-0.1, -0.05) is 24.3 Å². The van der Waals surface area contributed by atoms with E-state index in [1.54, 1.807) is 24.3 Å². The van der Waals surface area contributed by atoms with Crippen molar-refractivity contribution in [2.75, 3.05) is 0 Å². The highest BCUT2D eigenvalue weighted by Gasteiger charge is 2.35. The highest BCUT2D eigenvalue weighted by molar-refractivity contribution is 5.49. The summed E-state index contributed by atoms with van der Waals surface area (Å²) in [5.74, 6) is -0.498. The first-order valence-corrected chi connectivity index (χ1v) is 7.89. The molecular weight excluding hydrogens is 364 g/mol. The lowest BCUT2D eigenvalue weighted by atomic mass is 9.84. The molecule has 14 N–H and O–H groups in total. The zero-order valence-electron chi connectivity index (χ0n) is 14.8. The van der Waals surface area contributed by atoms with Gasteiger partial charge in [-0.2, -0.15) is 0 Å². The third-order valence-corrected chi connectivity index (χ3v) is 3.52. The highest BCUT2D eigenvalue weighted by atomic mass is 16.5. The minimum absolute atomic E-state index is 0.283. The molecular formula is C17H22N8O3. The highest BCUT2D eigenvalue weighted by Crippen LogP contribution is 2.35. The van der Waals surface area contributed by atoms with E-state index in [9.17, 15) is 4.91 Å². The number of benzene rings is 2. The summed E-state index contributed by atoms with van der Waals surface area (Å²) in [5, 5.41) is 3.22. The third-order valence-electron chi connectivity index (χ3n) is 3.52. The van der Waals surface area contributed by atoms with Gasteiger partial charge in [0.25, 0.3) is 11.9 Å². The van der Waals surface area contributed by atoms with Gasteiger partial charge in [-0.15, -0.1) is 4.91 Å². The molecule has 2 aromatic rings. The predicted molar refractivity (Wildman–Crippen MR) is 103 cm³/mol. The Morgan fingerprint density at radius 3 is 1.32 bits per heavy atom. The molecule has 11 heteroatoms. The first kappa shape index (κ1) is 21.1. The first-order chi connectivity index (χ1) is 13.0. The van der Waals surface area contributed by atoms with E-state index in [-0.39, 0.29) is 11.5 Å². The molecule has 0 amide bonds. The summed E-state index contributed by atoms with van der Waals surface area (Å²) in [6.45, 7) is 0. The monoisotopic (exact) mass is 386 g/mol. The number of hydrogen-bond donors (Lipinski definition) is 7. The van der Waals surface area contributed by atoms with E-state index in [0.717, 1.165) is 0 Å². The number of ether oxygens (including phenoxy) is 2. The van der Waals surface area contributed by atoms with Crippen molar-refractivity contribution in [3.05, 3.63) is 64.6 Å². The molecule has 0 fully saturated rings. The van der Waals surface area contributed by atoms with Crippen LogP contribution in [0.15, 0.2) is 53.7 Å². The van der Waals surface area contributed by atoms with Crippen LogP contribution in [-0.4, -0.2) is 11.9 Å². The van der Waals surface area contributed by atoms with Crippen molar-refractivity contribution in [2.24, 2.45) is 45.3 Å². The molecule has 0 saturated carbocycles. The van der Waals surface area contributed by atoms with Gasteiger partial charge in [0.15, 0.2) is 0 Å². The topological polar surface area (TPSA) is 230 Å². The van der Waals surface area contributed by atoms with E-state index in [4.69, 9.17) is 49.6 Å². The molecule has 0 spiro atoms. The third kappa shape index (κ3) is 5.15. The van der Waals surface area contributed by atoms with Crippen LogP contribution in [0.25, 0.3) is 0 Å². The fraction of sp³-hybridized carbons (Fsp3) is 0.176. The summed E-state index contributed by atoms with van der Waals surface area (Å²) in [7, 11) is 0. The van der Waals surface area contributed by atoms with E-state index in [0.29, 0.717) is 11.1 Å². The van der Waals surface area contributed by atoms with Crippen molar-refractivity contribution in [1.82, 2.24) is 0 Å². The standard InChI is InChI=1S/C17H22N8O3/c18-10-9-15(25-26,11-1-5-13(6-2-11)27-16(19,20)21)12-3-7-14(8-4-12)28-17(22,23)24/h1-8H,18-24H2. The quantitative estimate of drug-likeness (QED) is 0.124. The second-order valence-electron chi connectivity index (χ2n) is 6.03. The van der Waals surface area contributed by atoms with Gasteiger partial charge in [0.2, 0.25) is 5.54 Å². The Kier molecular flexibility index (Phi) is 5.86. The van der Waals surface area contributed by atoms with Crippen molar-refractivity contribution in [2.45, 2.75) is 17.5 Å². The molecule has 0 aliphatic carbocycles. The van der Waals surface area contributed by atoms with Crippen LogP contribution >= 0.6 is 0 Å². The summed E-state index contributed by atoms with van der Waals surface area (Å²) in [5.41, 5.74) is 37.0. The normalized spacial score (nSPS) is 11.9. The molecule has 0 aromatic heterocycles. The van der Waals surface area contributed by atoms with Crippen LogP contribution < -0.4 is 49.6 Å². The maximum absolute atomic E-state index is 11.9. The van der Waals surface area contributed by atoms with E-state index in [1.807, 2.05) is 0 Å². The zero-order valence-corrected chi connectivity index (χ0v) is 14.8. The van der Waals surface area contributed by atoms with Crippen molar-refractivity contribution in [3.8, 4) is 23.5 Å². The van der Waals surface area contributed by atoms with Crippen LogP contribution in [0, 0.1) is 16.9 Å². The summed E-state index contributed by atoms with van der Waals surface area (Å²) in [6.07, 6.45) is 0. The van der Waals surface area contributed by atoms with Crippen LogP contribution in [0.5, 0.6) is 11.5 Å². The molecule has 2 aromatic carbocycles. The summed E-state index contributed by atoms with van der Waals surface area (Å²) < 4.78 is 10.3. The number of nitrogens with zero attached hydrogens (tertiary/aromatic N) is 1. The minimum Gasteiger partial charge on any atom is -0.447 e. The SMILES string of the molecule is NC#CC(N=O)(c1ccc(OC(N)(N)N)cc1)c1ccc(OC(N)(N)N)cc1. The van der Waals surface area contributed by atoms with Gasteiger partial charge in [0.05, 0.1) is 0 Å². The molecule has 28 heavy (non-hydrogen) atoms. The molecule has 0 aliphatic heterocycles. The van der Waals surface area contributed by atoms with Gasteiger partial charge in [-0.25, -0.2) is 0 Å². The van der Waals surface area contributed by atoms with Gasteiger partial charge in [0.1, 0.15) is 11.5 Å². The molecule has 0 unspecified atom stereocenters. The lowest BCUT2D eigenvalue weighted by Gasteiger charge is -2.24. The van der Waals surface area contributed by atoms with E-state index in [2.05, 4.69) is 17.1 Å².